The van der Waals surface area contributed by atoms with E-state index in [9.17, 15) is 23.1 Å². The average molecular weight is 395 g/mol. The first-order chi connectivity index (χ1) is 12.4. The van der Waals surface area contributed by atoms with Crippen molar-refractivity contribution in [2.75, 3.05) is 23.2 Å². The number of ketones is 1. The van der Waals surface area contributed by atoms with Crippen LogP contribution in [0.15, 0.2) is 47.9 Å². The minimum absolute atomic E-state index is 0.0190. The highest BCUT2D eigenvalue weighted by atomic mass is 32.2. The first-order valence-corrected chi connectivity index (χ1v) is 9.96. The van der Waals surface area contributed by atoms with E-state index < -0.39 is 16.6 Å². The van der Waals surface area contributed by atoms with Crippen molar-refractivity contribution in [1.82, 2.24) is 9.97 Å². The Bertz CT molecular complexity index is 871. The van der Waals surface area contributed by atoms with E-state index in [0.29, 0.717) is 5.56 Å². The van der Waals surface area contributed by atoms with Gasteiger partial charge in [0.1, 0.15) is 0 Å². The standard InChI is InChI=1S/C16H17N3O5S2/c1-12(21)25-11-15(22)13-3-5-14(6-4-13)19(9-10-20)26(23,24)16-17-7-2-8-18-16/h2-8,20H,9-11H2,1H3. The highest BCUT2D eigenvalue weighted by Crippen LogP contribution is 2.22. The molecule has 1 aromatic carbocycles. The smallest absolute Gasteiger partial charge is 0.300 e. The molecule has 0 unspecified atom stereocenters. The zero-order valence-electron chi connectivity index (χ0n) is 13.9. The number of carbonyl (C=O) groups excluding carboxylic acids is 2. The highest BCUT2D eigenvalue weighted by molar-refractivity contribution is 8.14. The van der Waals surface area contributed by atoms with Gasteiger partial charge in [0.2, 0.25) is 0 Å². The minimum Gasteiger partial charge on any atom is -0.394 e. The molecule has 2 rings (SSSR count). The fraction of sp³-hybridized carbons (Fsp3) is 0.250. The van der Waals surface area contributed by atoms with Gasteiger partial charge in [0, 0.05) is 24.9 Å². The molecule has 1 N–H and O–H groups in total. The molecule has 0 aliphatic heterocycles. The molecule has 0 saturated heterocycles. The van der Waals surface area contributed by atoms with E-state index in [0.717, 1.165) is 16.1 Å². The minimum atomic E-state index is -4.05. The number of anilines is 1. The van der Waals surface area contributed by atoms with E-state index in [4.69, 9.17) is 0 Å². The van der Waals surface area contributed by atoms with Gasteiger partial charge in [-0.25, -0.2) is 9.97 Å². The average Bonchev–Trinajstić information content (AvgIpc) is 2.65. The molecule has 138 valence electrons. The Kier molecular flexibility index (Phi) is 6.83. The van der Waals surface area contributed by atoms with Crippen molar-refractivity contribution in [3.63, 3.8) is 0 Å². The summed E-state index contributed by atoms with van der Waals surface area (Å²) in [6.07, 6.45) is 2.62. The van der Waals surface area contributed by atoms with E-state index in [1.807, 2.05) is 0 Å². The van der Waals surface area contributed by atoms with Gasteiger partial charge in [-0.2, -0.15) is 8.42 Å². The van der Waals surface area contributed by atoms with Crippen molar-refractivity contribution >= 4 is 38.4 Å². The van der Waals surface area contributed by atoms with Gasteiger partial charge in [0.05, 0.1) is 24.6 Å². The van der Waals surface area contributed by atoms with E-state index in [1.165, 1.54) is 49.6 Å². The SMILES string of the molecule is CC(=O)SCC(=O)c1ccc(N(CCO)S(=O)(=O)c2ncccn2)cc1. The van der Waals surface area contributed by atoms with Gasteiger partial charge in [-0.1, -0.05) is 11.8 Å². The zero-order valence-corrected chi connectivity index (χ0v) is 15.5. The lowest BCUT2D eigenvalue weighted by molar-refractivity contribution is -0.109. The fourth-order valence-corrected chi connectivity index (χ4v) is 3.87. The molecular weight excluding hydrogens is 378 g/mol. The van der Waals surface area contributed by atoms with Crippen LogP contribution in [0, 0.1) is 0 Å². The van der Waals surface area contributed by atoms with Crippen molar-refractivity contribution < 1.29 is 23.1 Å². The second kappa shape index (κ2) is 8.88. The molecule has 1 heterocycles. The molecular formula is C16H17N3O5S2. The van der Waals surface area contributed by atoms with Crippen LogP contribution in [0.1, 0.15) is 17.3 Å². The molecule has 0 radical (unpaired) electrons. The van der Waals surface area contributed by atoms with Gasteiger partial charge in [-0.15, -0.1) is 0 Å². The first-order valence-electron chi connectivity index (χ1n) is 7.53. The van der Waals surface area contributed by atoms with Crippen molar-refractivity contribution in [2.24, 2.45) is 0 Å². The van der Waals surface area contributed by atoms with Crippen LogP contribution in [0.2, 0.25) is 0 Å². The Morgan fingerprint density at radius 2 is 1.77 bits per heavy atom. The number of thioether (sulfide) groups is 1. The Labute approximate surface area is 155 Å². The van der Waals surface area contributed by atoms with Gasteiger partial charge >= 0.3 is 0 Å². The molecule has 0 saturated carbocycles. The van der Waals surface area contributed by atoms with Crippen LogP contribution in [0.25, 0.3) is 0 Å². The van der Waals surface area contributed by atoms with Crippen molar-refractivity contribution in [2.45, 2.75) is 12.1 Å². The van der Waals surface area contributed by atoms with Crippen LogP contribution in [0.4, 0.5) is 5.69 Å². The van der Waals surface area contributed by atoms with Gasteiger partial charge in [-0.3, -0.25) is 13.9 Å². The van der Waals surface area contributed by atoms with E-state index in [1.54, 1.807) is 0 Å². The number of rotatable bonds is 8. The van der Waals surface area contributed by atoms with Crippen molar-refractivity contribution in [3.8, 4) is 0 Å². The molecule has 0 spiro atoms. The largest absolute Gasteiger partial charge is 0.394 e. The molecule has 0 aliphatic carbocycles. The Hall–Kier alpha value is -2.30. The number of carbonyl (C=O) groups is 2. The predicted molar refractivity (Wildman–Crippen MR) is 97.6 cm³/mol. The van der Waals surface area contributed by atoms with Crippen molar-refractivity contribution in [1.29, 1.82) is 0 Å². The van der Waals surface area contributed by atoms with Crippen LogP contribution in [0.3, 0.4) is 0 Å². The van der Waals surface area contributed by atoms with Gasteiger partial charge in [0.15, 0.2) is 10.9 Å². The van der Waals surface area contributed by atoms with E-state index in [-0.39, 0.29) is 34.0 Å². The third-order valence-corrected chi connectivity index (χ3v) is 5.71. The maximum absolute atomic E-state index is 12.7. The Morgan fingerprint density at radius 1 is 1.15 bits per heavy atom. The quantitative estimate of drug-likeness (QED) is 0.522. The predicted octanol–water partition coefficient (Wildman–Crippen LogP) is 1.13. The summed E-state index contributed by atoms with van der Waals surface area (Å²) in [7, 11) is -4.05. The number of nitrogens with zero attached hydrogens (tertiary/aromatic N) is 3. The summed E-state index contributed by atoms with van der Waals surface area (Å²) in [6, 6.07) is 7.37. The molecule has 2 aromatic rings. The third-order valence-electron chi connectivity index (χ3n) is 3.25. The number of Topliss-reactive ketones (excluding diaryl/α,β-unsaturated/α-hetero) is 1. The molecule has 10 heteroatoms. The number of aliphatic hydroxyl groups excluding tert-OH is 1. The summed E-state index contributed by atoms with van der Waals surface area (Å²) >= 11 is 0.910. The fourth-order valence-electron chi connectivity index (χ4n) is 2.06. The maximum atomic E-state index is 12.7. The second-order valence-electron chi connectivity index (χ2n) is 5.08. The Balaban J connectivity index is 2.28. The summed E-state index contributed by atoms with van der Waals surface area (Å²) in [4.78, 5) is 30.5. The van der Waals surface area contributed by atoms with Gasteiger partial charge < -0.3 is 5.11 Å². The molecule has 0 amide bonds. The molecule has 0 atom stereocenters. The lowest BCUT2D eigenvalue weighted by atomic mass is 10.1. The highest BCUT2D eigenvalue weighted by Gasteiger charge is 2.27. The number of sulfonamides is 1. The summed E-state index contributed by atoms with van der Waals surface area (Å²) < 4.78 is 26.4. The van der Waals surface area contributed by atoms with Crippen LogP contribution in [-0.2, 0) is 14.8 Å². The first kappa shape index (κ1) is 20.0. The summed E-state index contributed by atoms with van der Waals surface area (Å²) in [5.74, 6) is -0.217. The number of hydrogen-bond donors (Lipinski definition) is 1. The van der Waals surface area contributed by atoms with Crippen molar-refractivity contribution in [3.05, 3.63) is 48.3 Å². The molecule has 0 aliphatic rings. The van der Waals surface area contributed by atoms with Crippen LogP contribution >= 0.6 is 11.8 Å². The Morgan fingerprint density at radius 3 is 2.31 bits per heavy atom. The normalized spacial score (nSPS) is 11.2. The summed E-state index contributed by atoms with van der Waals surface area (Å²) in [5.41, 5.74) is 0.627. The topological polar surface area (TPSA) is 118 Å². The monoisotopic (exact) mass is 395 g/mol. The second-order valence-corrected chi connectivity index (χ2v) is 7.99. The van der Waals surface area contributed by atoms with E-state index in [2.05, 4.69) is 9.97 Å². The van der Waals surface area contributed by atoms with E-state index >= 15 is 0 Å². The summed E-state index contributed by atoms with van der Waals surface area (Å²) in [5, 5.41) is 8.70. The summed E-state index contributed by atoms with van der Waals surface area (Å²) in [6.45, 7) is 0.792. The van der Waals surface area contributed by atoms with Crippen LogP contribution in [-0.4, -0.2) is 53.3 Å². The zero-order chi connectivity index (χ0) is 19.2. The lowest BCUT2D eigenvalue weighted by Gasteiger charge is -2.22. The molecule has 26 heavy (non-hydrogen) atoms. The maximum Gasteiger partial charge on any atom is 0.300 e. The lowest BCUT2D eigenvalue weighted by Crippen LogP contribution is -2.34. The molecule has 0 fully saturated rings. The molecule has 1 aromatic heterocycles. The third kappa shape index (κ3) is 4.87. The number of aliphatic hydroxyl groups is 1. The molecule has 0 bridgehead atoms. The number of benzene rings is 1. The molecule has 8 nitrogen and oxygen atoms in total. The van der Waals surface area contributed by atoms with Gasteiger partial charge in [-0.05, 0) is 30.3 Å². The van der Waals surface area contributed by atoms with Gasteiger partial charge in [0.25, 0.3) is 15.2 Å². The van der Waals surface area contributed by atoms with Crippen LogP contribution in [0.5, 0.6) is 0 Å². The number of hydrogen-bond acceptors (Lipinski definition) is 8. The number of aromatic nitrogens is 2. The van der Waals surface area contributed by atoms with Crippen LogP contribution < -0.4 is 4.31 Å².